The molecule has 2 N–H and O–H groups in total. The van der Waals surface area contributed by atoms with Gasteiger partial charge in [-0.1, -0.05) is 411 Å². The van der Waals surface area contributed by atoms with Crippen molar-refractivity contribution >= 4 is 13.7 Å². The maximum absolute atomic E-state index is 13.1. The van der Waals surface area contributed by atoms with E-state index >= 15 is 0 Å². The number of likely N-dealkylation sites (N-methyl/N-ethyl adjacent to an activating group) is 1. The molecule has 89 heavy (non-hydrogen) atoms. The Morgan fingerprint density at radius 2 is 0.618 bits per heavy atom. The number of aliphatic hydroxyl groups excluding tert-OH is 1. The smallest absolute Gasteiger partial charge is 0.268 e. The first-order valence-corrected chi connectivity index (χ1v) is 42.0. The third-order valence-electron chi connectivity index (χ3n) is 19.3. The van der Waals surface area contributed by atoms with Gasteiger partial charge in [0.25, 0.3) is 7.82 Å². The van der Waals surface area contributed by atoms with E-state index < -0.39 is 20.0 Å². The largest absolute Gasteiger partial charge is 0.756 e. The van der Waals surface area contributed by atoms with E-state index in [9.17, 15) is 19.4 Å². The van der Waals surface area contributed by atoms with Gasteiger partial charge in [-0.05, 0) is 38.5 Å². The predicted octanol–water partition coefficient (Wildman–Crippen LogP) is 25.8. The number of carbonyl (C=O) groups is 1. The molecule has 0 rings (SSSR count). The summed E-state index contributed by atoms with van der Waals surface area (Å²) >= 11 is 0. The summed E-state index contributed by atoms with van der Waals surface area (Å²) in [5, 5.41) is 14.1. The second-order valence-electron chi connectivity index (χ2n) is 29.5. The number of allylic oxidation sites excluding steroid dienone is 2. The molecule has 0 aromatic heterocycles. The SMILES string of the molecule is CCCCCCCCCC/C=C\CCCCCCCCCCCCCCCCCCCCCCCCCCCCCC(=O)NC(COP(=O)([O-])OCC[N+](C)(C)C)C(O)CCCCCCCCCCCCCCCCCCCCCCCCCCCCCC. The summed E-state index contributed by atoms with van der Waals surface area (Å²) in [5.41, 5.74) is 0. The number of hydrogen-bond acceptors (Lipinski definition) is 6. The summed E-state index contributed by atoms with van der Waals surface area (Å²) < 4.78 is 23.6. The van der Waals surface area contributed by atoms with Crippen LogP contribution in [0.4, 0.5) is 0 Å². The zero-order valence-corrected chi connectivity index (χ0v) is 62.1. The van der Waals surface area contributed by atoms with Crippen molar-refractivity contribution < 1.29 is 32.9 Å². The van der Waals surface area contributed by atoms with Gasteiger partial charge in [0, 0.05) is 6.42 Å². The molecule has 3 unspecified atom stereocenters. The van der Waals surface area contributed by atoms with Gasteiger partial charge in [-0.3, -0.25) is 9.36 Å². The molecule has 8 nitrogen and oxygen atoms in total. The number of rotatable bonds is 77. The monoisotopic (exact) mass is 1280 g/mol. The minimum absolute atomic E-state index is 0.0165. The number of amides is 1. The molecule has 0 aliphatic rings. The van der Waals surface area contributed by atoms with Crippen molar-refractivity contribution in [3.8, 4) is 0 Å². The standard InChI is InChI=1S/C80H161N2O6P/c1-6-8-10-12-14-16-18-20-22-24-26-28-30-32-34-36-37-38-39-40-41-42-43-44-45-46-48-50-52-54-56-58-60-62-64-66-68-70-72-74-80(84)81-78(77-88-89(85,86)87-76-75-82(3,4)5)79(83)73-71-69-67-65-63-61-59-57-55-53-51-49-47-35-33-31-29-27-25-23-21-19-17-15-13-11-9-7-2/h24,26,78-79,83H,6-23,25,27-77H2,1-5H3,(H-,81,84,85,86)/b26-24-. The second-order valence-corrected chi connectivity index (χ2v) is 30.9. The van der Waals surface area contributed by atoms with Crippen LogP contribution in [0, 0.1) is 0 Å². The van der Waals surface area contributed by atoms with E-state index in [0.717, 1.165) is 38.5 Å². The molecule has 9 heteroatoms. The molecule has 0 aliphatic carbocycles. The first-order chi connectivity index (χ1) is 43.5. The number of quaternary nitrogens is 1. The van der Waals surface area contributed by atoms with Crippen molar-refractivity contribution in [2.75, 3.05) is 40.9 Å². The molecule has 532 valence electrons. The molecule has 0 saturated carbocycles. The molecular formula is C80H161N2O6P. The van der Waals surface area contributed by atoms with E-state index in [1.54, 1.807) is 0 Å². The van der Waals surface area contributed by atoms with E-state index in [1.807, 2.05) is 21.1 Å². The third-order valence-corrected chi connectivity index (χ3v) is 20.2. The summed E-state index contributed by atoms with van der Waals surface area (Å²) in [5.74, 6) is -0.153. The molecule has 0 aromatic carbocycles. The van der Waals surface area contributed by atoms with Gasteiger partial charge in [-0.2, -0.15) is 0 Å². The fraction of sp³-hybridized carbons (Fsp3) is 0.963. The maximum Gasteiger partial charge on any atom is 0.268 e. The molecule has 0 aliphatic heterocycles. The Kier molecular flexibility index (Phi) is 70.9. The van der Waals surface area contributed by atoms with Crippen molar-refractivity contribution in [2.45, 2.75) is 456 Å². The summed E-state index contributed by atoms with van der Waals surface area (Å²) in [6.45, 7) is 4.80. The summed E-state index contributed by atoms with van der Waals surface area (Å²) in [6.07, 6.45) is 93.5. The van der Waals surface area contributed by atoms with Gasteiger partial charge in [-0.25, -0.2) is 0 Å². The lowest BCUT2D eigenvalue weighted by Gasteiger charge is -2.30. The highest BCUT2D eigenvalue weighted by Gasteiger charge is 2.24. The Bertz CT molecular complexity index is 1460. The van der Waals surface area contributed by atoms with Crippen molar-refractivity contribution in [1.29, 1.82) is 0 Å². The van der Waals surface area contributed by atoms with E-state index in [1.165, 1.54) is 379 Å². The second kappa shape index (κ2) is 71.5. The van der Waals surface area contributed by atoms with Crippen molar-refractivity contribution in [3.05, 3.63) is 12.2 Å². The Morgan fingerprint density at radius 3 is 0.876 bits per heavy atom. The van der Waals surface area contributed by atoms with E-state index in [0.29, 0.717) is 23.9 Å². The predicted molar refractivity (Wildman–Crippen MR) is 390 cm³/mol. The Morgan fingerprint density at radius 1 is 0.382 bits per heavy atom. The van der Waals surface area contributed by atoms with Crippen molar-refractivity contribution in [3.63, 3.8) is 0 Å². The van der Waals surface area contributed by atoms with Crippen LogP contribution >= 0.6 is 7.82 Å². The summed E-state index contributed by atoms with van der Waals surface area (Å²) in [7, 11) is 1.33. The summed E-state index contributed by atoms with van der Waals surface area (Å²) in [6, 6.07) is -0.799. The lowest BCUT2D eigenvalue weighted by molar-refractivity contribution is -0.870. The normalized spacial score (nSPS) is 13.5. The Labute approximate surface area is 558 Å². The number of phosphoric ester groups is 1. The zero-order valence-electron chi connectivity index (χ0n) is 61.2. The lowest BCUT2D eigenvalue weighted by Crippen LogP contribution is -2.46. The van der Waals surface area contributed by atoms with Crippen LogP contribution in [0.2, 0.25) is 0 Å². The van der Waals surface area contributed by atoms with Gasteiger partial charge in [0.05, 0.1) is 39.9 Å². The van der Waals surface area contributed by atoms with Gasteiger partial charge >= 0.3 is 0 Å². The van der Waals surface area contributed by atoms with Gasteiger partial charge in [0.2, 0.25) is 5.91 Å². The topological polar surface area (TPSA) is 108 Å². The Balaban J connectivity index is 3.87. The number of nitrogens with zero attached hydrogens (tertiary/aromatic N) is 1. The van der Waals surface area contributed by atoms with Crippen LogP contribution in [0.1, 0.15) is 444 Å². The third kappa shape index (κ3) is 74.5. The number of hydrogen-bond donors (Lipinski definition) is 2. The maximum atomic E-state index is 13.1. The fourth-order valence-corrected chi connectivity index (χ4v) is 13.7. The highest BCUT2D eigenvalue weighted by atomic mass is 31.2. The molecule has 0 radical (unpaired) electrons. The number of carbonyl (C=O) groups excluding carboxylic acids is 1. The lowest BCUT2D eigenvalue weighted by atomic mass is 10.0. The molecule has 0 aromatic rings. The van der Waals surface area contributed by atoms with E-state index in [-0.39, 0.29) is 19.1 Å². The molecule has 3 atom stereocenters. The molecule has 0 heterocycles. The quantitative estimate of drug-likeness (QED) is 0.0272. The number of nitrogens with one attached hydrogen (secondary N) is 1. The molecule has 0 fully saturated rings. The average molecular weight is 1280 g/mol. The molecule has 0 spiro atoms. The van der Waals surface area contributed by atoms with E-state index in [2.05, 4.69) is 31.3 Å². The number of phosphoric acid groups is 1. The minimum atomic E-state index is -4.58. The first kappa shape index (κ1) is 88.2. The van der Waals surface area contributed by atoms with Crippen molar-refractivity contribution in [1.82, 2.24) is 5.32 Å². The molecule has 1 amide bonds. The molecular weight excluding hydrogens is 1120 g/mol. The van der Waals surface area contributed by atoms with Crippen LogP contribution in [-0.2, 0) is 18.4 Å². The van der Waals surface area contributed by atoms with Gasteiger partial charge in [0.1, 0.15) is 13.2 Å². The van der Waals surface area contributed by atoms with Crippen LogP contribution in [0.3, 0.4) is 0 Å². The molecule has 0 bridgehead atoms. The first-order valence-electron chi connectivity index (χ1n) is 40.5. The van der Waals surface area contributed by atoms with E-state index in [4.69, 9.17) is 9.05 Å². The number of aliphatic hydroxyl groups is 1. The van der Waals surface area contributed by atoms with Crippen molar-refractivity contribution in [2.24, 2.45) is 0 Å². The van der Waals surface area contributed by atoms with Crippen LogP contribution in [0.5, 0.6) is 0 Å². The van der Waals surface area contributed by atoms with Crippen LogP contribution in [-0.4, -0.2) is 68.5 Å². The van der Waals surface area contributed by atoms with Crippen LogP contribution in [0.15, 0.2) is 12.2 Å². The van der Waals surface area contributed by atoms with Gasteiger partial charge in [-0.15, -0.1) is 0 Å². The zero-order chi connectivity index (χ0) is 64.8. The van der Waals surface area contributed by atoms with Gasteiger partial charge in [0.15, 0.2) is 0 Å². The minimum Gasteiger partial charge on any atom is -0.756 e. The number of unbranched alkanes of at least 4 members (excludes halogenated alkanes) is 62. The van der Waals surface area contributed by atoms with Gasteiger partial charge < -0.3 is 28.8 Å². The molecule has 0 saturated heterocycles. The fourth-order valence-electron chi connectivity index (χ4n) is 13.0. The van der Waals surface area contributed by atoms with Crippen LogP contribution in [0.25, 0.3) is 0 Å². The highest BCUT2D eigenvalue weighted by Crippen LogP contribution is 2.38. The summed E-state index contributed by atoms with van der Waals surface area (Å²) in [4.78, 5) is 25.7. The Hall–Kier alpha value is -0.760. The highest BCUT2D eigenvalue weighted by molar-refractivity contribution is 7.45. The average Bonchev–Trinajstić information content (AvgIpc) is 3.55. The van der Waals surface area contributed by atoms with Crippen LogP contribution < -0.4 is 10.2 Å².